The van der Waals surface area contributed by atoms with Crippen LogP contribution in [0, 0.1) is 17.8 Å². The molecule has 4 atom stereocenters. The monoisotopic (exact) mass is 408 g/mol. The van der Waals surface area contributed by atoms with Crippen LogP contribution in [0.5, 0.6) is 0 Å². The van der Waals surface area contributed by atoms with Gasteiger partial charge in [0.25, 0.3) is 0 Å². The van der Waals surface area contributed by atoms with Crippen LogP contribution in [-0.2, 0) is 19.2 Å². The fourth-order valence-electron chi connectivity index (χ4n) is 3.75. The van der Waals surface area contributed by atoms with Crippen LogP contribution < -0.4 is 21.3 Å². The van der Waals surface area contributed by atoms with E-state index in [1.165, 1.54) is 0 Å². The minimum absolute atomic E-state index is 0.0562. The Bertz CT molecular complexity index is 676. The Morgan fingerprint density at radius 3 is 2.28 bits per heavy atom. The van der Waals surface area contributed by atoms with Gasteiger partial charge in [-0.25, -0.2) is 4.79 Å². The van der Waals surface area contributed by atoms with Gasteiger partial charge in [-0.05, 0) is 43.9 Å². The van der Waals surface area contributed by atoms with Gasteiger partial charge in [0.15, 0.2) is 0 Å². The number of carbonyl (C=O) groups excluding carboxylic acids is 4. The zero-order valence-electron chi connectivity index (χ0n) is 16.2. The highest BCUT2D eigenvalue weighted by atomic mass is 16.4. The lowest BCUT2D eigenvalue weighted by molar-refractivity contribution is -0.131. The van der Waals surface area contributed by atoms with Gasteiger partial charge in [0.2, 0.25) is 17.7 Å². The molecule has 2 aliphatic carbocycles. The number of rotatable bonds is 11. The van der Waals surface area contributed by atoms with Crippen molar-refractivity contribution < 1.29 is 29.1 Å². The van der Waals surface area contributed by atoms with Gasteiger partial charge in [-0.3, -0.25) is 14.4 Å². The predicted molar refractivity (Wildman–Crippen MR) is 101 cm³/mol. The predicted octanol–water partition coefficient (Wildman–Crippen LogP) is -0.473. The lowest BCUT2D eigenvalue weighted by atomic mass is 9.98. The Kier molecular flexibility index (Phi) is 6.71. The molecule has 10 nitrogen and oxygen atoms in total. The van der Waals surface area contributed by atoms with E-state index in [9.17, 15) is 24.0 Å². The van der Waals surface area contributed by atoms with Crippen LogP contribution in [0.15, 0.2) is 0 Å². The minimum Gasteiger partial charge on any atom is -0.465 e. The van der Waals surface area contributed by atoms with Gasteiger partial charge in [-0.2, -0.15) is 0 Å². The Hall–Kier alpha value is -2.65. The Morgan fingerprint density at radius 1 is 1.03 bits per heavy atom. The molecule has 0 aromatic carbocycles. The Balaban J connectivity index is 1.59. The fraction of sp³-hybridized carbons (Fsp3) is 0.737. The van der Waals surface area contributed by atoms with E-state index in [-0.39, 0.29) is 24.2 Å². The first-order chi connectivity index (χ1) is 13.9. The topological polar surface area (TPSA) is 154 Å². The summed E-state index contributed by atoms with van der Waals surface area (Å²) in [7, 11) is 0. The number of hydrogen-bond donors (Lipinski definition) is 5. The van der Waals surface area contributed by atoms with E-state index in [0.29, 0.717) is 31.6 Å². The third-order valence-corrected chi connectivity index (χ3v) is 5.75. The number of nitrogens with one attached hydrogen (secondary N) is 4. The van der Waals surface area contributed by atoms with E-state index >= 15 is 0 Å². The molecule has 3 fully saturated rings. The molecule has 0 radical (unpaired) electrons. The molecule has 1 aliphatic heterocycles. The normalized spacial score (nSPS) is 24.0. The largest absolute Gasteiger partial charge is 0.465 e. The molecule has 29 heavy (non-hydrogen) atoms. The molecule has 0 aromatic heterocycles. The molecular formula is C19H28N4O6. The van der Waals surface area contributed by atoms with Gasteiger partial charge in [0.1, 0.15) is 18.4 Å². The quantitative estimate of drug-likeness (QED) is 0.291. The molecular weight excluding hydrogens is 380 g/mol. The molecule has 1 saturated heterocycles. The van der Waals surface area contributed by atoms with Crippen molar-refractivity contribution in [2.75, 3.05) is 6.54 Å². The summed E-state index contributed by atoms with van der Waals surface area (Å²) in [4.78, 5) is 59.5. The van der Waals surface area contributed by atoms with Crippen molar-refractivity contribution in [1.29, 1.82) is 0 Å². The maximum absolute atomic E-state index is 12.8. The van der Waals surface area contributed by atoms with Crippen LogP contribution in [-0.4, -0.2) is 59.9 Å². The van der Waals surface area contributed by atoms with Crippen LogP contribution >= 0.6 is 0 Å². The highest BCUT2D eigenvalue weighted by molar-refractivity contribution is 5.92. The highest BCUT2D eigenvalue weighted by Crippen LogP contribution is 2.35. The summed E-state index contributed by atoms with van der Waals surface area (Å²) in [6, 6.07) is -2.54. The summed E-state index contributed by atoms with van der Waals surface area (Å²) >= 11 is 0. The number of hydrogen-bond acceptors (Lipinski definition) is 5. The van der Waals surface area contributed by atoms with Crippen molar-refractivity contribution in [3.8, 4) is 0 Å². The van der Waals surface area contributed by atoms with Gasteiger partial charge in [0.05, 0.1) is 6.04 Å². The van der Waals surface area contributed by atoms with E-state index < -0.39 is 36.0 Å². The summed E-state index contributed by atoms with van der Waals surface area (Å²) in [5.74, 6) is -1.17. The van der Waals surface area contributed by atoms with Crippen molar-refractivity contribution >= 4 is 30.1 Å². The second-order valence-corrected chi connectivity index (χ2v) is 8.27. The second kappa shape index (κ2) is 9.23. The first-order valence-corrected chi connectivity index (χ1v) is 10.2. The van der Waals surface area contributed by atoms with Crippen molar-refractivity contribution in [3.05, 3.63) is 0 Å². The molecule has 1 heterocycles. The first-order valence-electron chi connectivity index (χ1n) is 10.2. The Labute approximate surface area is 168 Å². The average molecular weight is 408 g/mol. The van der Waals surface area contributed by atoms with E-state index in [4.69, 9.17) is 5.11 Å². The van der Waals surface area contributed by atoms with Crippen LogP contribution in [0.1, 0.15) is 44.9 Å². The standard InChI is InChI=1S/C19H28N4O6/c24-9-13(8-12-5-6-20-16(12)25)21-17(26)14(7-10-1-2-10)22-18(27)15(11-3-4-11)23-19(28)29/h9-15,23H,1-8H2,(H,20,25)(H,21,26)(H,22,27)(H,28,29)/t12-,13?,14?,15?/m0/s1. The number of carboxylic acid groups (broad SMARTS) is 1. The van der Waals surface area contributed by atoms with E-state index in [1.807, 2.05) is 0 Å². The third-order valence-electron chi connectivity index (χ3n) is 5.75. The van der Waals surface area contributed by atoms with Gasteiger partial charge in [0, 0.05) is 12.5 Å². The summed E-state index contributed by atoms with van der Waals surface area (Å²) in [5, 5.41) is 19.2. The summed E-state index contributed by atoms with van der Waals surface area (Å²) in [5.41, 5.74) is 0. The molecule has 3 unspecified atom stereocenters. The zero-order valence-corrected chi connectivity index (χ0v) is 16.2. The molecule has 3 rings (SSSR count). The summed E-state index contributed by atoms with van der Waals surface area (Å²) in [6.45, 7) is 0.558. The average Bonchev–Trinajstić information content (AvgIpc) is 3.59. The maximum Gasteiger partial charge on any atom is 0.405 e. The van der Waals surface area contributed by atoms with E-state index in [0.717, 1.165) is 25.7 Å². The highest BCUT2D eigenvalue weighted by Gasteiger charge is 2.40. The van der Waals surface area contributed by atoms with E-state index in [2.05, 4.69) is 21.3 Å². The minimum atomic E-state index is -1.28. The molecule has 0 spiro atoms. The van der Waals surface area contributed by atoms with Gasteiger partial charge < -0.3 is 31.2 Å². The van der Waals surface area contributed by atoms with Crippen molar-refractivity contribution in [3.63, 3.8) is 0 Å². The molecule has 3 aliphatic rings. The SMILES string of the molecule is O=CC(C[C@@H]1CCNC1=O)NC(=O)C(CC1CC1)NC(=O)C(NC(=O)O)C1CC1. The van der Waals surface area contributed by atoms with Crippen LogP contribution in [0.3, 0.4) is 0 Å². The lowest BCUT2D eigenvalue weighted by Gasteiger charge is -2.24. The Morgan fingerprint density at radius 2 is 1.76 bits per heavy atom. The zero-order chi connectivity index (χ0) is 21.0. The van der Waals surface area contributed by atoms with Gasteiger partial charge in [-0.1, -0.05) is 12.8 Å². The summed E-state index contributed by atoms with van der Waals surface area (Å²) in [6.07, 6.45) is 4.06. The van der Waals surface area contributed by atoms with Crippen LogP contribution in [0.25, 0.3) is 0 Å². The number of amides is 4. The fourth-order valence-corrected chi connectivity index (χ4v) is 3.75. The smallest absolute Gasteiger partial charge is 0.405 e. The van der Waals surface area contributed by atoms with Gasteiger partial charge >= 0.3 is 6.09 Å². The summed E-state index contributed by atoms with van der Waals surface area (Å²) < 4.78 is 0. The van der Waals surface area contributed by atoms with Crippen molar-refractivity contribution in [2.45, 2.75) is 63.1 Å². The number of aldehydes is 1. The molecule has 4 amide bonds. The molecule has 0 aromatic rings. The van der Waals surface area contributed by atoms with Crippen LogP contribution in [0.2, 0.25) is 0 Å². The molecule has 0 bridgehead atoms. The van der Waals surface area contributed by atoms with Crippen LogP contribution in [0.4, 0.5) is 4.79 Å². The maximum atomic E-state index is 12.8. The van der Waals surface area contributed by atoms with Crippen molar-refractivity contribution in [2.24, 2.45) is 17.8 Å². The second-order valence-electron chi connectivity index (χ2n) is 8.27. The molecule has 2 saturated carbocycles. The molecule has 5 N–H and O–H groups in total. The lowest BCUT2D eigenvalue weighted by Crippen LogP contribution is -2.55. The molecule has 160 valence electrons. The first kappa shape index (κ1) is 21.1. The third kappa shape index (κ3) is 6.16. The molecule has 10 heteroatoms. The van der Waals surface area contributed by atoms with Crippen molar-refractivity contribution in [1.82, 2.24) is 21.3 Å². The van der Waals surface area contributed by atoms with E-state index in [1.54, 1.807) is 0 Å². The number of carbonyl (C=O) groups is 5. The van der Waals surface area contributed by atoms with Gasteiger partial charge in [-0.15, -0.1) is 0 Å².